The van der Waals surface area contributed by atoms with Crippen molar-refractivity contribution in [3.8, 4) is 17.2 Å². The lowest BCUT2D eigenvalue weighted by Gasteiger charge is -2.29. The Kier molecular flexibility index (Phi) is 3.88. The molecule has 0 atom stereocenters. The van der Waals surface area contributed by atoms with Crippen molar-refractivity contribution < 1.29 is 35.2 Å². The van der Waals surface area contributed by atoms with Gasteiger partial charge in [0.2, 0.25) is 0 Å². The first-order valence-corrected chi connectivity index (χ1v) is 9.30. The van der Waals surface area contributed by atoms with Crippen LogP contribution in [0.2, 0.25) is 0 Å². The van der Waals surface area contributed by atoms with Gasteiger partial charge in [-0.05, 0) is 30.7 Å². The molecule has 0 aromatic heterocycles. The highest BCUT2D eigenvalue weighted by atomic mass is 32.2. The Hall–Kier alpha value is -2.68. The van der Waals surface area contributed by atoms with Gasteiger partial charge in [0.05, 0.1) is 0 Å². The van der Waals surface area contributed by atoms with Gasteiger partial charge in [-0.1, -0.05) is 12.1 Å². The zero-order valence-corrected chi connectivity index (χ0v) is 14.8. The van der Waals surface area contributed by atoms with E-state index in [0.29, 0.717) is 5.56 Å². The number of aryl methyl sites for hydroxylation is 1. The zero-order valence-electron chi connectivity index (χ0n) is 14.0. The number of ether oxygens (including phenoxy) is 2. The maximum Gasteiger partial charge on any atom is 0.534 e. The van der Waals surface area contributed by atoms with Gasteiger partial charge in [0, 0.05) is 28.3 Å². The van der Waals surface area contributed by atoms with Gasteiger partial charge in [-0.2, -0.15) is 21.6 Å². The SMILES string of the molecule is Cc1ccc2c(c1)OCC1=C2COc2cc(OS(=O)(=O)C(F)(F)F)ccc21. The molecule has 5 nitrogen and oxygen atoms in total. The van der Waals surface area contributed by atoms with Gasteiger partial charge in [-0.3, -0.25) is 0 Å². The van der Waals surface area contributed by atoms with E-state index in [1.807, 2.05) is 25.1 Å². The van der Waals surface area contributed by atoms with Crippen LogP contribution in [-0.4, -0.2) is 27.1 Å². The number of rotatable bonds is 2. The third kappa shape index (κ3) is 3.01. The van der Waals surface area contributed by atoms with E-state index in [2.05, 4.69) is 4.18 Å². The van der Waals surface area contributed by atoms with E-state index in [9.17, 15) is 21.6 Å². The molecule has 0 radical (unpaired) electrons. The van der Waals surface area contributed by atoms with Crippen molar-refractivity contribution in [3.63, 3.8) is 0 Å². The first-order chi connectivity index (χ1) is 12.7. The number of hydrogen-bond donors (Lipinski definition) is 0. The molecule has 0 spiro atoms. The summed E-state index contributed by atoms with van der Waals surface area (Å²) in [4.78, 5) is 0. The molecule has 9 heteroatoms. The molecule has 0 unspecified atom stereocenters. The Bertz CT molecular complexity index is 1070. The fourth-order valence-electron chi connectivity index (χ4n) is 3.05. The minimum atomic E-state index is -5.74. The molecule has 2 aliphatic rings. The third-order valence-electron chi connectivity index (χ3n) is 4.34. The Morgan fingerprint density at radius 3 is 2.07 bits per heavy atom. The number of fused-ring (bicyclic) bond motifs is 4. The highest BCUT2D eigenvalue weighted by Gasteiger charge is 2.48. The van der Waals surface area contributed by atoms with Gasteiger partial charge < -0.3 is 13.7 Å². The number of halogens is 3. The van der Waals surface area contributed by atoms with E-state index in [1.54, 1.807) is 0 Å². The van der Waals surface area contributed by atoms with Crippen LogP contribution in [0.15, 0.2) is 36.4 Å². The van der Waals surface area contributed by atoms with Crippen LogP contribution < -0.4 is 13.7 Å². The summed E-state index contributed by atoms with van der Waals surface area (Å²) in [7, 11) is -5.74. The summed E-state index contributed by atoms with van der Waals surface area (Å²) in [5.41, 5.74) is -1.15. The van der Waals surface area contributed by atoms with Crippen LogP contribution >= 0.6 is 0 Å². The zero-order chi connectivity index (χ0) is 19.4. The number of benzene rings is 2. The lowest BCUT2D eigenvalue weighted by atomic mass is 9.90. The molecule has 0 fully saturated rings. The monoisotopic (exact) mass is 398 g/mol. The van der Waals surface area contributed by atoms with Gasteiger partial charge in [0.15, 0.2) is 0 Å². The summed E-state index contributed by atoms with van der Waals surface area (Å²) in [5.74, 6) is 0.516. The Balaban J connectivity index is 1.72. The molecule has 27 heavy (non-hydrogen) atoms. The van der Waals surface area contributed by atoms with Gasteiger partial charge in [-0.15, -0.1) is 0 Å². The fraction of sp³-hybridized carbons (Fsp3) is 0.222. The van der Waals surface area contributed by atoms with E-state index in [-0.39, 0.29) is 19.0 Å². The molecule has 0 bridgehead atoms. The molecule has 142 valence electrons. The van der Waals surface area contributed by atoms with Crippen LogP contribution in [0.5, 0.6) is 17.2 Å². The quantitative estimate of drug-likeness (QED) is 0.567. The topological polar surface area (TPSA) is 61.8 Å². The van der Waals surface area contributed by atoms with E-state index in [4.69, 9.17) is 9.47 Å². The van der Waals surface area contributed by atoms with Crippen LogP contribution in [0, 0.1) is 6.92 Å². The van der Waals surface area contributed by atoms with Gasteiger partial charge in [0.1, 0.15) is 30.5 Å². The van der Waals surface area contributed by atoms with Crippen molar-refractivity contribution in [2.24, 2.45) is 0 Å². The number of alkyl halides is 3. The minimum Gasteiger partial charge on any atom is -0.488 e. The molecule has 0 saturated carbocycles. The second-order valence-corrected chi connectivity index (χ2v) is 7.71. The molecule has 2 aromatic rings. The Labute approximate surface area is 153 Å². The highest BCUT2D eigenvalue weighted by molar-refractivity contribution is 7.88. The first kappa shape index (κ1) is 17.7. The molecule has 2 aromatic carbocycles. The largest absolute Gasteiger partial charge is 0.534 e. The lowest BCUT2D eigenvalue weighted by Crippen LogP contribution is -2.28. The van der Waals surface area contributed by atoms with Crippen LogP contribution in [0.25, 0.3) is 11.1 Å². The summed E-state index contributed by atoms with van der Waals surface area (Å²) >= 11 is 0. The lowest BCUT2D eigenvalue weighted by molar-refractivity contribution is -0.0500. The van der Waals surface area contributed by atoms with E-state index in [1.165, 1.54) is 6.07 Å². The molecule has 2 aliphatic heterocycles. The predicted molar refractivity (Wildman–Crippen MR) is 91.0 cm³/mol. The van der Waals surface area contributed by atoms with Crippen molar-refractivity contribution in [1.29, 1.82) is 0 Å². The average Bonchev–Trinajstić information content (AvgIpc) is 2.59. The molecule has 0 amide bonds. The van der Waals surface area contributed by atoms with Crippen molar-refractivity contribution in [2.45, 2.75) is 12.4 Å². The molecule has 2 heterocycles. The maximum absolute atomic E-state index is 12.5. The van der Waals surface area contributed by atoms with Crippen molar-refractivity contribution >= 4 is 21.3 Å². The summed E-state index contributed by atoms with van der Waals surface area (Å²) in [6.07, 6.45) is 0. The van der Waals surface area contributed by atoms with Gasteiger partial charge in [-0.25, -0.2) is 0 Å². The highest BCUT2D eigenvalue weighted by Crippen LogP contribution is 2.44. The summed E-state index contributed by atoms with van der Waals surface area (Å²) in [6.45, 7) is 2.43. The summed E-state index contributed by atoms with van der Waals surface area (Å²) in [5, 5.41) is 0. The molecule has 4 rings (SSSR count). The van der Waals surface area contributed by atoms with Gasteiger partial charge >= 0.3 is 15.6 Å². The van der Waals surface area contributed by atoms with E-state index in [0.717, 1.165) is 40.2 Å². The Morgan fingerprint density at radius 2 is 1.48 bits per heavy atom. The summed E-state index contributed by atoms with van der Waals surface area (Å²) in [6, 6.07) is 9.56. The van der Waals surface area contributed by atoms with E-state index >= 15 is 0 Å². The normalized spacial score (nSPS) is 15.9. The van der Waals surface area contributed by atoms with Crippen molar-refractivity contribution in [1.82, 2.24) is 0 Å². The van der Waals surface area contributed by atoms with Crippen LogP contribution in [-0.2, 0) is 10.1 Å². The Morgan fingerprint density at radius 1 is 0.926 bits per heavy atom. The smallest absolute Gasteiger partial charge is 0.488 e. The molecule has 0 aliphatic carbocycles. The first-order valence-electron chi connectivity index (χ1n) is 7.89. The second kappa shape index (κ2) is 5.91. The number of hydrogen-bond acceptors (Lipinski definition) is 5. The summed E-state index contributed by atoms with van der Waals surface area (Å²) < 4.78 is 75.4. The van der Waals surface area contributed by atoms with Crippen LogP contribution in [0.3, 0.4) is 0 Å². The average molecular weight is 398 g/mol. The molecular formula is C18H13F3O5S. The fourth-order valence-corrected chi connectivity index (χ4v) is 3.50. The molecule has 0 N–H and O–H groups in total. The van der Waals surface area contributed by atoms with Gasteiger partial charge in [0.25, 0.3) is 0 Å². The minimum absolute atomic E-state index is 0.192. The van der Waals surface area contributed by atoms with Crippen molar-refractivity contribution in [2.75, 3.05) is 13.2 Å². The third-order valence-corrected chi connectivity index (χ3v) is 5.32. The van der Waals surface area contributed by atoms with Crippen LogP contribution in [0.4, 0.5) is 13.2 Å². The molecule has 0 saturated heterocycles. The second-order valence-electron chi connectivity index (χ2n) is 6.18. The van der Waals surface area contributed by atoms with Crippen molar-refractivity contribution in [3.05, 3.63) is 53.1 Å². The molecular weight excluding hydrogens is 385 g/mol. The standard InChI is InChI=1S/C18H13F3O5S/c1-10-2-4-12-14-9-25-17-7-11(26-27(22,23)18(19,20)21)3-5-13(17)15(14)8-24-16(12)6-10/h2-7H,8-9H2,1H3. The van der Waals surface area contributed by atoms with Crippen LogP contribution in [0.1, 0.15) is 16.7 Å². The predicted octanol–water partition coefficient (Wildman–Crippen LogP) is 3.92. The maximum atomic E-state index is 12.5. The van der Waals surface area contributed by atoms with E-state index < -0.39 is 21.4 Å².